The van der Waals surface area contributed by atoms with E-state index in [4.69, 9.17) is 22.7 Å². The van der Waals surface area contributed by atoms with E-state index < -0.39 is 11.7 Å². The van der Waals surface area contributed by atoms with Gasteiger partial charge in [-0.25, -0.2) is 4.39 Å². The zero-order valence-corrected chi connectivity index (χ0v) is 10.6. The molecule has 0 aliphatic rings. The Morgan fingerprint density at radius 3 is 2.79 bits per heavy atom. The van der Waals surface area contributed by atoms with Crippen LogP contribution in [0, 0.1) is 11.2 Å². The Hall–Kier alpha value is -2.14. The van der Waals surface area contributed by atoms with Crippen molar-refractivity contribution in [3.05, 3.63) is 64.0 Å². The lowest BCUT2D eigenvalue weighted by Gasteiger charge is -2.09. The average Bonchev–Trinajstić information content (AvgIpc) is 2.36. The minimum Gasteiger partial charge on any atom is -0.365 e. The molecule has 0 saturated heterocycles. The van der Waals surface area contributed by atoms with Gasteiger partial charge in [0.25, 0.3) is 5.91 Å². The first-order chi connectivity index (χ1) is 8.99. The van der Waals surface area contributed by atoms with E-state index in [1.54, 1.807) is 18.3 Å². The summed E-state index contributed by atoms with van der Waals surface area (Å²) in [5.41, 5.74) is 6.05. The molecule has 0 unspecified atom stereocenters. The highest BCUT2D eigenvalue weighted by Crippen LogP contribution is 2.16. The Labute approximate surface area is 113 Å². The van der Waals surface area contributed by atoms with Gasteiger partial charge in [0, 0.05) is 12.7 Å². The van der Waals surface area contributed by atoms with E-state index in [1.807, 2.05) is 0 Å². The minimum atomic E-state index is -0.656. The third kappa shape index (κ3) is 2.82. The number of halogens is 2. The summed E-state index contributed by atoms with van der Waals surface area (Å²) in [7, 11) is 0. The van der Waals surface area contributed by atoms with Gasteiger partial charge in [0.1, 0.15) is 11.3 Å². The van der Waals surface area contributed by atoms with Crippen LogP contribution in [0.5, 0.6) is 0 Å². The molecule has 0 aliphatic carbocycles. The van der Waals surface area contributed by atoms with E-state index in [9.17, 15) is 9.18 Å². The SMILES string of the molecule is N=c1c(C(N)=O)cccn1Cc1ccc(F)c(Cl)c1. The van der Waals surface area contributed by atoms with Gasteiger partial charge in [-0.2, -0.15) is 0 Å². The van der Waals surface area contributed by atoms with Crippen LogP contribution in [0.3, 0.4) is 0 Å². The standard InChI is InChI=1S/C13H11ClFN3O/c14-10-6-8(3-4-11(10)15)7-18-5-1-2-9(12(18)16)13(17)19/h1-6,16H,7H2,(H2,17,19). The molecule has 2 rings (SSSR count). The number of primary amides is 1. The van der Waals surface area contributed by atoms with Crippen molar-refractivity contribution in [3.8, 4) is 0 Å². The monoisotopic (exact) mass is 279 g/mol. The van der Waals surface area contributed by atoms with Gasteiger partial charge in [-0.1, -0.05) is 17.7 Å². The maximum atomic E-state index is 13.0. The van der Waals surface area contributed by atoms with Gasteiger partial charge < -0.3 is 10.3 Å². The molecule has 1 amide bonds. The fraction of sp³-hybridized carbons (Fsp3) is 0.0769. The molecule has 0 atom stereocenters. The molecule has 6 heteroatoms. The number of nitrogens with two attached hydrogens (primary N) is 1. The molecular weight excluding hydrogens is 269 g/mol. The summed E-state index contributed by atoms with van der Waals surface area (Å²) in [4.78, 5) is 11.1. The topological polar surface area (TPSA) is 71.9 Å². The molecule has 1 aromatic heterocycles. The van der Waals surface area contributed by atoms with Crippen molar-refractivity contribution < 1.29 is 9.18 Å². The second-order valence-corrected chi connectivity index (χ2v) is 4.42. The number of hydrogen-bond donors (Lipinski definition) is 2. The molecule has 1 heterocycles. The van der Waals surface area contributed by atoms with Crippen LogP contribution in [-0.2, 0) is 6.54 Å². The van der Waals surface area contributed by atoms with Gasteiger partial charge in [-0.05, 0) is 29.8 Å². The van der Waals surface area contributed by atoms with Crippen molar-refractivity contribution in [2.24, 2.45) is 5.73 Å². The molecular formula is C13H11ClFN3O. The second kappa shape index (κ2) is 5.24. The van der Waals surface area contributed by atoms with Crippen LogP contribution >= 0.6 is 11.6 Å². The smallest absolute Gasteiger partial charge is 0.252 e. The predicted molar refractivity (Wildman–Crippen MR) is 69.3 cm³/mol. The van der Waals surface area contributed by atoms with Gasteiger partial charge >= 0.3 is 0 Å². The molecule has 0 bridgehead atoms. The minimum absolute atomic E-state index is 0.00967. The number of nitrogens with one attached hydrogen (secondary N) is 1. The summed E-state index contributed by atoms with van der Waals surface area (Å²) in [5, 5.41) is 7.90. The molecule has 0 radical (unpaired) electrons. The summed E-state index contributed by atoms with van der Waals surface area (Å²) < 4.78 is 14.6. The molecule has 0 aliphatic heterocycles. The van der Waals surface area contributed by atoms with Crippen LogP contribution in [0.2, 0.25) is 5.02 Å². The predicted octanol–water partition coefficient (Wildman–Crippen LogP) is 1.91. The number of aromatic nitrogens is 1. The molecule has 0 fully saturated rings. The first kappa shape index (κ1) is 13.3. The Bertz CT molecular complexity index is 697. The van der Waals surface area contributed by atoms with Crippen molar-refractivity contribution in [3.63, 3.8) is 0 Å². The molecule has 4 nitrogen and oxygen atoms in total. The van der Waals surface area contributed by atoms with Gasteiger partial charge in [0.15, 0.2) is 0 Å². The molecule has 19 heavy (non-hydrogen) atoms. The number of benzene rings is 1. The third-order valence-corrected chi connectivity index (χ3v) is 2.96. The van der Waals surface area contributed by atoms with Crippen molar-refractivity contribution in [1.82, 2.24) is 4.57 Å². The number of carbonyl (C=O) groups is 1. The van der Waals surface area contributed by atoms with Crippen molar-refractivity contribution in [2.75, 3.05) is 0 Å². The van der Waals surface area contributed by atoms with Crippen LogP contribution in [0.4, 0.5) is 4.39 Å². The van der Waals surface area contributed by atoms with Crippen LogP contribution in [0.25, 0.3) is 0 Å². The molecule has 3 N–H and O–H groups in total. The fourth-order valence-corrected chi connectivity index (χ4v) is 1.92. The largest absolute Gasteiger partial charge is 0.365 e. The molecule has 2 aromatic rings. The number of carbonyl (C=O) groups excluding carboxylic acids is 1. The molecule has 98 valence electrons. The summed E-state index contributed by atoms with van der Waals surface area (Å²) in [6.45, 7) is 0.306. The normalized spacial score (nSPS) is 10.4. The lowest BCUT2D eigenvalue weighted by molar-refractivity contribution is 0.0998. The molecule has 0 spiro atoms. The maximum Gasteiger partial charge on any atom is 0.252 e. The highest BCUT2D eigenvalue weighted by molar-refractivity contribution is 6.30. The van der Waals surface area contributed by atoms with Gasteiger partial charge in [0.05, 0.1) is 10.6 Å². The number of pyridine rings is 1. The highest BCUT2D eigenvalue weighted by atomic mass is 35.5. The maximum absolute atomic E-state index is 13.0. The third-order valence-electron chi connectivity index (χ3n) is 2.67. The lowest BCUT2D eigenvalue weighted by Crippen LogP contribution is -2.29. The first-order valence-corrected chi connectivity index (χ1v) is 5.84. The Balaban J connectivity index is 2.38. The summed E-state index contributed by atoms with van der Waals surface area (Å²) >= 11 is 5.70. The number of nitrogens with zero attached hydrogens (tertiary/aromatic N) is 1. The summed E-state index contributed by atoms with van der Waals surface area (Å²) in [6.07, 6.45) is 1.64. The number of amides is 1. The molecule has 0 saturated carbocycles. The Morgan fingerprint density at radius 2 is 2.16 bits per heavy atom. The van der Waals surface area contributed by atoms with E-state index in [2.05, 4.69) is 0 Å². The Kier molecular flexibility index (Phi) is 3.66. The summed E-state index contributed by atoms with van der Waals surface area (Å²) in [5.74, 6) is -1.15. The van der Waals surface area contributed by atoms with E-state index >= 15 is 0 Å². The van der Waals surface area contributed by atoms with E-state index in [1.165, 1.54) is 22.8 Å². The zero-order valence-electron chi connectivity index (χ0n) is 9.86. The van der Waals surface area contributed by atoms with Gasteiger partial charge in [0.2, 0.25) is 0 Å². The summed E-state index contributed by atoms with van der Waals surface area (Å²) in [6, 6.07) is 7.44. The van der Waals surface area contributed by atoms with Crippen LogP contribution in [-0.4, -0.2) is 10.5 Å². The average molecular weight is 280 g/mol. The van der Waals surface area contributed by atoms with Crippen molar-refractivity contribution >= 4 is 17.5 Å². The van der Waals surface area contributed by atoms with E-state index in [0.29, 0.717) is 6.54 Å². The first-order valence-electron chi connectivity index (χ1n) is 5.47. The van der Waals surface area contributed by atoms with Crippen LogP contribution in [0.15, 0.2) is 36.5 Å². The van der Waals surface area contributed by atoms with Crippen molar-refractivity contribution in [2.45, 2.75) is 6.54 Å². The quantitative estimate of drug-likeness (QED) is 0.885. The van der Waals surface area contributed by atoms with Crippen molar-refractivity contribution in [1.29, 1.82) is 5.41 Å². The lowest BCUT2D eigenvalue weighted by atomic mass is 10.2. The van der Waals surface area contributed by atoms with E-state index in [0.717, 1.165) is 5.56 Å². The number of rotatable bonds is 3. The van der Waals surface area contributed by atoms with Gasteiger partial charge in [-0.3, -0.25) is 10.2 Å². The fourth-order valence-electron chi connectivity index (χ4n) is 1.72. The highest BCUT2D eigenvalue weighted by Gasteiger charge is 2.06. The van der Waals surface area contributed by atoms with Crippen LogP contribution in [0.1, 0.15) is 15.9 Å². The van der Waals surface area contributed by atoms with Crippen LogP contribution < -0.4 is 11.2 Å². The zero-order chi connectivity index (χ0) is 14.0. The van der Waals surface area contributed by atoms with E-state index in [-0.39, 0.29) is 16.1 Å². The Morgan fingerprint density at radius 1 is 1.42 bits per heavy atom. The number of hydrogen-bond acceptors (Lipinski definition) is 2. The second-order valence-electron chi connectivity index (χ2n) is 4.01. The van der Waals surface area contributed by atoms with Gasteiger partial charge in [-0.15, -0.1) is 0 Å². The molecule has 1 aromatic carbocycles.